The van der Waals surface area contributed by atoms with Gasteiger partial charge in [-0.15, -0.1) is 0 Å². The van der Waals surface area contributed by atoms with Crippen molar-refractivity contribution in [2.24, 2.45) is 0 Å². The fraction of sp³-hybridized carbons (Fsp3) is 0.471. The number of carbonyl (C=O) groups excluding carboxylic acids is 2. The molecule has 1 aliphatic heterocycles. The highest BCUT2D eigenvalue weighted by atomic mass is 32.2. The normalized spacial score (nSPS) is 15.0. The van der Waals surface area contributed by atoms with Gasteiger partial charge in [-0.1, -0.05) is 6.42 Å². The Balaban J connectivity index is 2.08. The first kappa shape index (κ1) is 20.8. The Morgan fingerprint density at radius 2 is 1.96 bits per heavy atom. The quantitative estimate of drug-likeness (QED) is 0.546. The minimum Gasteiger partial charge on any atom is -0.452 e. The molecule has 0 unspecified atom stereocenters. The van der Waals surface area contributed by atoms with Crippen molar-refractivity contribution in [3.63, 3.8) is 0 Å². The molecule has 0 aliphatic carbocycles. The molecule has 8 nitrogen and oxygen atoms in total. The van der Waals surface area contributed by atoms with Crippen LogP contribution in [0.5, 0.6) is 0 Å². The second kappa shape index (κ2) is 9.43. The Bertz CT molecular complexity index is 845. The van der Waals surface area contributed by atoms with Gasteiger partial charge in [-0.25, -0.2) is 17.6 Å². The number of benzene rings is 1. The molecule has 1 fully saturated rings. The van der Waals surface area contributed by atoms with Crippen molar-refractivity contribution in [1.82, 2.24) is 9.62 Å². The highest BCUT2D eigenvalue weighted by Crippen LogP contribution is 2.24. The molecule has 1 amide bonds. The van der Waals surface area contributed by atoms with Crippen molar-refractivity contribution >= 4 is 21.9 Å². The second-order valence-corrected chi connectivity index (χ2v) is 7.85. The summed E-state index contributed by atoms with van der Waals surface area (Å²) in [7, 11) is -4.05. The summed E-state index contributed by atoms with van der Waals surface area (Å²) in [6.07, 6.45) is 2.43. The van der Waals surface area contributed by atoms with Crippen LogP contribution >= 0.6 is 0 Å². The Morgan fingerprint density at radius 1 is 1.26 bits per heavy atom. The molecule has 1 saturated heterocycles. The number of piperidine rings is 1. The van der Waals surface area contributed by atoms with E-state index in [4.69, 9.17) is 10.00 Å². The molecule has 1 N–H and O–H groups in total. The number of rotatable bonds is 7. The SMILES string of the molecule is N#CCCNC(=O)COC(=O)c1ccc(F)c(S(=O)(=O)N2CCCCC2)c1. The lowest BCUT2D eigenvalue weighted by molar-refractivity contribution is -0.124. The minimum absolute atomic E-state index is 0.120. The monoisotopic (exact) mass is 397 g/mol. The summed E-state index contributed by atoms with van der Waals surface area (Å²) in [5.74, 6) is -2.49. The van der Waals surface area contributed by atoms with E-state index < -0.39 is 39.2 Å². The molecule has 1 aliphatic rings. The summed E-state index contributed by atoms with van der Waals surface area (Å²) in [6, 6.07) is 4.76. The standard InChI is InChI=1S/C17H20FN3O5S/c18-14-6-5-13(17(23)26-12-16(22)20-8-4-7-19)11-15(14)27(24,25)21-9-2-1-3-10-21/h5-6,11H,1-4,8-10,12H2,(H,20,22). The van der Waals surface area contributed by atoms with Gasteiger partial charge in [-0.2, -0.15) is 9.57 Å². The van der Waals surface area contributed by atoms with Crippen LogP contribution in [0.25, 0.3) is 0 Å². The number of nitrogens with one attached hydrogen (secondary N) is 1. The van der Waals surface area contributed by atoms with E-state index in [0.29, 0.717) is 25.9 Å². The van der Waals surface area contributed by atoms with E-state index in [0.717, 1.165) is 24.6 Å². The van der Waals surface area contributed by atoms with E-state index in [1.165, 1.54) is 4.31 Å². The van der Waals surface area contributed by atoms with Gasteiger partial charge in [0.1, 0.15) is 10.7 Å². The lowest BCUT2D eigenvalue weighted by Crippen LogP contribution is -2.36. The molecule has 0 bridgehead atoms. The number of sulfonamides is 1. The van der Waals surface area contributed by atoms with Crippen LogP contribution in [-0.4, -0.2) is 50.8 Å². The van der Waals surface area contributed by atoms with Gasteiger partial charge in [-0.3, -0.25) is 4.79 Å². The first-order chi connectivity index (χ1) is 12.9. The molecule has 146 valence electrons. The Kier molecular flexibility index (Phi) is 7.27. The van der Waals surface area contributed by atoms with Crippen molar-refractivity contribution < 1.29 is 27.1 Å². The van der Waals surface area contributed by atoms with Crippen molar-refractivity contribution in [3.8, 4) is 6.07 Å². The zero-order valence-electron chi connectivity index (χ0n) is 14.6. The minimum atomic E-state index is -4.05. The molecule has 1 aromatic rings. The average molecular weight is 397 g/mol. The third-order valence-electron chi connectivity index (χ3n) is 3.99. The largest absolute Gasteiger partial charge is 0.452 e. The van der Waals surface area contributed by atoms with E-state index >= 15 is 0 Å². The summed E-state index contributed by atoms with van der Waals surface area (Å²) in [5, 5.41) is 10.8. The van der Waals surface area contributed by atoms with Gasteiger partial charge in [0.25, 0.3) is 5.91 Å². The van der Waals surface area contributed by atoms with Gasteiger partial charge in [0.2, 0.25) is 10.0 Å². The third kappa shape index (κ3) is 5.48. The van der Waals surface area contributed by atoms with Crippen LogP contribution in [0.15, 0.2) is 23.1 Å². The molecule has 0 spiro atoms. The maximum Gasteiger partial charge on any atom is 0.338 e. The predicted molar refractivity (Wildman–Crippen MR) is 92.5 cm³/mol. The lowest BCUT2D eigenvalue weighted by atomic mass is 10.2. The van der Waals surface area contributed by atoms with Crippen LogP contribution in [-0.2, 0) is 19.6 Å². The Morgan fingerprint density at radius 3 is 2.63 bits per heavy atom. The summed E-state index contributed by atoms with van der Waals surface area (Å²) in [4.78, 5) is 23.0. The fourth-order valence-electron chi connectivity index (χ4n) is 2.60. The van der Waals surface area contributed by atoms with E-state index in [1.807, 2.05) is 6.07 Å². The number of amides is 1. The first-order valence-electron chi connectivity index (χ1n) is 8.46. The molecule has 0 radical (unpaired) electrons. The summed E-state index contributed by atoms with van der Waals surface area (Å²) in [5.41, 5.74) is -0.170. The first-order valence-corrected chi connectivity index (χ1v) is 9.90. The highest BCUT2D eigenvalue weighted by Gasteiger charge is 2.29. The molecule has 10 heteroatoms. The molecule has 2 rings (SSSR count). The van der Waals surface area contributed by atoms with Gasteiger partial charge in [-0.05, 0) is 31.0 Å². The Labute approximate surface area is 157 Å². The predicted octanol–water partition coefficient (Wildman–Crippen LogP) is 1.19. The molecule has 27 heavy (non-hydrogen) atoms. The van der Waals surface area contributed by atoms with Crippen LogP contribution in [0.4, 0.5) is 4.39 Å². The molecule has 1 heterocycles. The lowest BCUT2D eigenvalue weighted by Gasteiger charge is -2.26. The highest BCUT2D eigenvalue weighted by molar-refractivity contribution is 7.89. The molecule has 0 aromatic heterocycles. The number of carbonyl (C=O) groups is 2. The van der Waals surface area contributed by atoms with E-state index in [9.17, 15) is 22.4 Å². The number of ether oxygens (including phenoxy) is 1. The van der Waals surface area contributed by atoms with Crippen LogP contribution < -0.4 is 5.32 Å². The zero-order chi connectivity index (χ0) is 19.9. The maximum atomic E-state index is 14.1. The summed E-state index contributed by atoms with van der Waals surface area (Å²) >= 11 is 0. The van der Waals surface area contributed by atoms with Gasteiger partial charge in [0, 0.05) is 19.6 Å². The maximum absolute atomic E-state index is 14.1. The Hall–Kier alpha value is -2.51. The summed E-state index contributed by atoms with van der Waals surface area (Å²) < 4.78 is 45.4. The molecular weight excluding hydrogens is 377 g/mol. The van der Waals surface area contributed by atoms with Crippen LogP contribution in [0.2, 0.25) is 0 Å². The van der Waals surface area contributed by atoms with Crippen molar-refractivity contribution in [2.45, 2.75) is 30.6 Å². The van der Waals surface area contributed by atoms with Crippen LogP contribution in [0.3, 0.4) is 0 Å². The van der Waals surface area contributed by atoms with Crippen LogP contribution in [0, 0.1) is 17.1 Å². The van der Waals surface area contributed by atoms with Gasteiger partial charge in [0.15, 0.2) is 6.61 Å². The van der Waals surface area contributed by atoms with Crippen LogP contribution in [0.1, 0.15) is 36.0 Å². The third-order valence-corrected chi connectivity index (χ3v) is 5.91. The fourth-order valence-corrected chi connectivity index (χ4v) is 4.20. The average Bonchev–Trinajstić information content (AvgIpc) is 2.67. The molecule has 1 aromatic carbocycles. The molecule has 0 atom stereocenters. The van der Waals surface area contributed by atoms with E-state index in [-0.39, 0.29) is 18.5 Å². The van der Waals surface area contributed by atoms with Gasteiger partial charge >= 0.3 is 5.97 Å². The van der Waals surface area contributed by atoms with E-state index in [1.54, 1.807) is 0 Å². The second-order valence-electron chi connectivity index (χ2n) is 5.94. The van der Waals surface area contributed by atoms with E-state index in [2.05, 4.69) is 5.32 Å². The zero-order valence-corrected chi connectivity index (χ0v) is 15.4. The number of hydrogen-bond donors (Lipinski definition) is 1. The summed E-state index contributed by atoms with van der Waals surface area (Å²) in [6.45, 7) is 0.149. The molecule has 0 saturated carbocycles. The van der Waals surface area contributed by atoms with Crippen molar-refractivity contribution in [2.75, 3.05) is 26.2 Å². The number of hydrogen-bond acceptors (Lipinski definition) is 6. The van der Waals surface area contributed by atoms with Crippen molar-refractivity contribution in [3.05, 3.63) is 29.6 Å². The smallest absolute Gasteiger partial charge is 0.338 e. The number of nitriles is 1. The van der Waals surface area contributed by atoms with Crippen molar-refractivity contribution in [1.29, 1.82) is 5.26 Å². The van der Waals surface area contributed by atoms with Gasteiger partial charge < -0.3 is 10.1 Å². The molecular formula is C17H20FN3O5S. The van der Waals surface area contributed by atoms with Gasteiger partial charge in [0.05, 0.1) is 18.1 Å². The number of esters is 1. The topological polar surface area (TPSA) is 117 Å². The number of halogens is 1. The number of nitrogens with zero attached hydrogens (tertiary/aromatic N) is 2.